The molecule has 0 unspecified atom stereocenters. The first-order valence-corrected chi connectivity index (χ1v) is 12.7. The van der Waals surface area contributed by atoms with Crippen molar-refractivity contribution in [1.82, 2.24) is 5.32 Å². The van der Waals surface area contributed by atoms with Gasteiger partial charge >= 0.3 is 6.09 Å². The highest BCUT2D eigenvalue weighted by Crippen LogP contribution is 2.62. The van der Waals surface area contributed by atoms with Gasteiger partial charge in [0.15, 0.2) is 11.6 Å². The van der Waals surface area contributed by atoms with Crippen molar-refractivity contribution in [2.45, 2.75) is 38.7 Å². The van der Waals surface area contributed by atoms with E-state index in [1.165, 1.54) is 0 Å². The van der Waals surface area contributed by atoms with Gasteiger partial charge in [-0.3, -0.25) is 18.8 Å². The molecule has 0 aliphatic carbocycles. The number of hydrogen-bond donors (Lipinski definition) is 3. The topological polar surface area (TPSA) is 102 Å². The lowest BCUT2D eigenvalue weighted by Gasteiger charge is -2.58. The summed E-state index contributed by atoms with van der Waals surface area (Å²) < 4.78 is 54.5. The third-order valence-corrected chi connectivity index (χ3v) is 8.56. The third kappa shape index (κ3) is 4.65. The highest BCUT2D eigenvalue weighted by molar-refractivity contribution is 8.25. The van der Waals surface area contributed by atoms with Crippen LogP contribution in [0, 0.1) is 17.0 Å². The van der Waals surface area contributed by atoms with Crippen LogP contribution < -0.4 is 15.1 Å². The Bertz CT molecular complexity index is 874. The Labute approximate surface area is 187 Å². The molecule has 1 spiro atoms. The molecule has 1 aromatic carbocycles. The molecule has 3 fully saturated rings. The normalized spacial score (nSPS) is 24.8. The lowest BCUT2D eigenvalue weighted by molar-refractivity contribution is -0.121. The van der Waals surface area contributed by atoms with E-state index in [9.17, 15) is 27.5 Å². The van der Waals surface area contributed by atoms with E-state index in [4.69, 9.17) is 4.74 Å². The molecule has 0 aromatic heterocycles. The third-order valence-electron chi connectivity index (χ3n) is 6.41. The average molecular weight is 474 g/mol. The van der Waals surface area contributed by atoms with Gasteiger partial charge in [0.2, 0.25) is 5.91 Å². The van der Waals surface area contributed by atoms with E-state index >= 15 is 0 Å². The highest BCUT2D eigenvalue weighted by atomic mass is 32.3. The van der Waals surface area contributed by atoms with Crippen LogP contribution in [0.1, 0.15) is 32.6 Å². The summed E-state index contributed by atoms with van der Waals surface area (Å²) in [6.45, 7) is 2.96. The monoisotopic (exact) mass is 473 g/mol. The molecule has 3 N–H and O–H groups in total. The van der Waals surface area contributed by atoms with E-state index < -0.39 is 34.4 Å². The van der Waals surface area contributed by atoms with Crippen molar-refractivity contribution in [3.8, 4) is 0 Å². The Morgan fingerprint density at radius 2 is 1.88 bits per heavy atom. The maximum Gasteiger partial charge on any atom is 0.414 e. The Morgan fingerprint density at radius 1 is 1.25 bits per heavy atom. The summed E-state index contributed by atoms with van der Waals surface area (Å²) in [5, 5.41) is 2.69. The fourth-order valence-electron chi connectivity index (χ4n) is 4.82. The van der Waals surface area contributed by atoms with Gasteiger partial charge in [-0.2, -0.15) is 10.6 Å². The van der Waals surface area contributed by atoms with E-state index in [1.807, 2.05) is 6.92 Å². The molecule has 3 aliphatic heterocycles. The van der Waals surface area contributed by atoms with Crippen LogP contribution in [0.15, 0.2) is 12.1 Å². The molecule has 2 amide bonds. The first-order valence-electron chi connectivity index (χ1n) is 10.8. The van der Waals surface area contributed by atoms with Crippen molar-refractivity contribution in [2.75, 3.05) is 47.5 Å². The molecule has 1 atom stereocenters. The zero-order valence-electron chi connectivity index (χ0n) is 18.0. The second-order valence-corrected chi connectivity index (χ2v) is 11.2. The van der Waals surface area contributed by atoms with Gasteiger partial charge in [0.05, 0.1) is 18.8 Å². The standard InChI is InChI=1S/C21H29F2N3O5S/c1-2-3-18(27)24-10-15-11-26(20(28)31-15)14-8-16(22)19(17(23)9-14)25-6-4-21(5-7-25)12-32(29,30)13-21/h8-9,15,29-30H,2-7,10-13H2,1H3,(H,24,27)/t15-/m0/s1. The van der Waals surface area contributed by atoms with Crippen LogP contribution in [0.3, 0.4) is 0 Å². The van der Waals surface area contributed by atoms with Gasteiger partial charge in [-0.15, -0.1) is 0 Å². The van der Waals surface area contributed by atoms with Gasteiger partial charge in [0.1, 0.15) is 11.8 Å². The highest BCUT2D eigenvalue weighted by Gasteiger charge is 2.49. The van der Waals surface area contributed by atoms with Crippen molar-refractivity contribution in [3.05, 3.63) is 23.8 Å². The Kier molecular flexibility index (Phi) is 6.25. The molecule has 11 heteroatoms. The van der Waals surface area contributed by atoms with Crippen LogP contribution >= 0.6 is 10.6 Å². The number of hydrogen-bond acceptors (Lipinski definition) is 6. The quantitative estimate of drug-likeness (QED) is 0.584. The predicted molar refractivity (Wildman–Crippen MR) is 118 cm³/mol. The van der Waals surface area contributed by atoms with Crippen LogP contribution in [0.4, 0.5) is 25.0 Å². The number of halogens is 2. The number of nitrogens with one attached hydrogen (secondary N) is 1. The number of cyclic esters (lactones) is 1. The molecule has 3 heterocycles. The van der Waals surface area contributed by atoms with Crippen molar-refractivity contribution >= 4 is 34.0 Å². The second-order valence-electron chi connectivity index (χ2n) is 9.01. The number of nitrogens with zero attached hydrogens (tertiary/aromatic N) is 2. The van der Waals surface area contributed by atoms with Gasteiger partial charge in [0.25, 0.3) is 0 Å². The Morgan fingerprint density at radius 3 is 2.44 bits per heavy atom. The summed E-state index contributed by atoms with van der Waals surface area (Å²) >= 11 is 0. The fraction of sp³-hybridized carbons (Fsp3) is 0.619. The maximum atomic E-state index is 14.9. The summed E-state index contributed by atoms with van der Waals surface area (Å²) in [7, 11) is -2.46. The largest absolute Gasteiger partial charge is 0.442 e. The van der Waals surface area contributed by atoms with Crippen molar-refractivity contribution < 1.29 is 32.2 Å². The lowest BCUT2D eigenvalue weighted by atomic mass is 9.81. The smallest absolute Gasteiger partial charge is 0.414 e. The predicted octanol–water partition coefficient (Wildman–Crippen LogP) is 3.56. The average Bonchev–Trinajstić information content (AvgIpc) is 3.07. The number of benzene rings is 1. The minimum Gasteiger partial charge on any atom is -0.442 e. The van der Waals surface area contributed by atoms with Gasteiger partial charge < -0.3 is 15.0 Å². The number of amides is 2. The van der Waals surface area contributed by atoms with E-state index in [0.717, 1.165) is 17.0 Å². The minimum absolute atomic E-state index is 0.0672. The van der Waals surface area contributed by atoms with Crippen LogP contribution in [0.5, 0.6) is 0 Å². The molecule has 32 heavy (non-hydrogen) atoms. The van der Waals surface area contributed by atoms with Crippen molar-refractivity contribution in [3.63, 3.8) is 0 Å². The summed E-state index contributed by atoms with van der Waals surface area (Å²) in [6, 6.07) is 2.25. The van der Waals surface area contributed by atoms with E-state index in [0.29, 0.717) is 50.3 Å². The van der Waals surface area contributed by atoms with Crippen LogP contribution in [-0.2, 0) is 9.53 Å². The van der Waals surface area contributed by atoms with E-state index in [1.54, 1.807) is 4.90 Å². The minimum atomic E-state index is -2.46. The summed E-state index contributed by atoms with van der Waals surface area (Å²) in [4.78, 5) is 26.6. The zero-order chi connectivity index (χ0) is 23.1. The first-order chi connectivity index (χ1) is 15.1. The summed E-state index contributed by atoms with van der Waals surface area (Å²) in [5.74, 6) is -0.926. The van der Waals surface area contributed by atoms with Gasteiger partial charge in [-0.1, -0.05) is 6.92 Å². The molecule has 0 saturated carbocycles. The van der Waals surface area contributed by atoms with Gasteiger partial charge in [-0.25, -0.2) is 13.6 Å². The number of anilines is 2. The summed E-state index contributed by atoms with van der Waals surface area (Å²) in [5.41, 5.74) is -0.202. The SMILES string of the molecule is CCCC(=O)NC[C@H]1CN(c2cc(F)c(N3CCC4(CC3)CS(O)(O)C4)c(F)c2)C(=O)O1. The molecule has 178 valence electrons. The van der Waals surface area contributed by atoms with Gasteiger partial charge in [-0.05, 0) is 19.3 Å². The molecule has 0 bridgehead atoms. The zero-order valence-corrected chi connectivity index (χ0v) is 18.8. The van der Waals surface area contributed by atoms with E-state index in [-0.39, 0.29) is 35.8 Å². The lowest BCUT2D eigenvalue weighted by Crippen LogP contribution is -2.52. The van der Waals surface area contributed by atoms with Gasteiger partial charge in [0, 0.05) is 48.6 Å². The molecule has 0 radical (unpaired) electrons. The number of piperidine rings is 1. The molecular formula is C21H29F2N3O5S. The number of rotatable bonds is 6. The maximum absolute atomic E-state index is 14.9. The number of carbonyl (C=O) groups excluding carboxylic acids is 2. The van der Waals surface area contributed by atoms with Crippen LogP contribution in [0.25, 0.3) is 0 Å². The van der Waals surface area contributed by atoms with Crippen molar-refractivity contribution in [2.24, 2.45) is 5.41 Å². The fourth-order valence-corrected chi connectivity index (χ4v) is 7.28. The second kappa shape index (κ2) is 8.68. The van der Waals surface area contributed by atoms with Crippen LogP contribution in [-0.4, -0.2) is 64.9 Å². The van der Waals surface area contributed by atoms with Crippen LogP contribution in [0.2, 0.25) is 0 Å². The molecule has 3 aliphatic rings. The molecule has 8 nitrogen and oxygen atoms in total. The number of ether oxygens (including phenoxy) is 1. The molecule has 1 aromatic rings. The van der Waals surface area contributed by atoms with Crippen molar-refractivity contribution in [1.29, 1.82) is 0 Å². The Balaban J connectivity index is 1.40. The summed E-state index contributed by atoms with van der Waals surface area (Å²) in [6.07, 6.45) is 1.07. The number of carbonyl (C=O) groups is 2. The molecule has 4 rings (SSSR count). The Hall–Kier alpha value is -2.11. The molecule has 3 saturated heterocycles. The molecular weight excluding hydrogens is 444 g/mol. The van der Waals surface area contributed by atoms with E-state index in [2.05, 4.69) is 5.32 Å². The first kappa shape index (κ1) is 23.1.